The fourth-order valence-corrected chi connectivity index (χ4v) is 7.67. The van der Waals surface area contributed by atoms with Crippen molar-refractivity contribution < 1.29 is 45.2 Å². The number of aliphatic hydroxyl groups is 7. The first-order valence-corrected chi connectivity index (χ1v) is 12.9. The minimum atomic E-state index is -1.52. The lowest BCUT2D eigenvalue weighted by Crippen LogP contribution is -2.60. The summed E-state index contributed by atoms with van der Waals surface area (Å²) in [5, 5.41) is 72.0. The lowest BCUT2D eigenvalue weighted by atomic mass is 9.44. The molecule has 0 aromatic rings. The molecule has 0 spiro atoms. The van der Waals surface area contributed by atoms with Crippen molar-refractivity contribution in [1.82, 2.24) is 0 Å². The molecule has 1 unspecified atom stereocenters. The van der Waals surface area contributed by atoms with E-state index in [9.17, 15) is 35.7 Å². The zero-order valence-corrected chi connectivity index (χ0v) is 21.2. The van der Waals surface area contributed by atoms with Gasteiger partial charge in [-0.05, 0) is 60.2 Å². The number of hydrogen-bond donors (Lipinski definition) is 7. The highest BCUT2D eigenvalue weighted by atomic mass is 16.7. The second-order valence-corrected chi connectivity index (χ2v) is 12.6. The van der Waals surface area contributed by atoms with Gasteiger partial charge >= 0.3 is 0 Å². The van der Waals surface area contributed by atoms with Crippen LogP contribution in [0.3, 0.4) is 0 Å². The molecule has 0 amide bonds. The van der Waals surface area contributed by atoms with Crippen LogP contribution in [0.1, 0.15) is 59.8 Å². The van der Waals surface area contributed by atoms with Crippen LogP contribution >= 0.6 is 0 Å². The standard InChI is InChI=1S/C26H44O9/c1-24(2)17-6-5-13-9-25(3,8-7-14(13)26(17,4)10-15(28)22(24)33)18(29)12-34-23-21(32)20(31)19(30)16(11-27)35-23/h5,14-23,27-33H,6-12H2,1-4H3/t14-,15+,16-,17-,18?,19-,20+,21-,22+,23-,25+,26+/m1/s1. The summed E-state index contributed by atoms with van der Waals surface area (Å²) in [6.07, 6.45) is -3.24. The summed E-state index contributed by atoms with van der Waals surface area (Å²) in [4.78, 5) is 0. The van der Waals surface area contributed by atoms with Gasteiger partial charge in [-0.2, -0.15) is 0 Å². The van der Waals surface area contributed by atoms with E-state index in [2.05, 4.69) is 26.8 Å². The lowest BCUT2D eigenvalue weighted by Gasteiger charge is -2.61. The Hall–Kier alpha value is -0.620. The molecule has 12 atom stereocenters. The number of allylic oxidation sites excluding steroid dienone is 2. The molecule has 35 heavy (non-hydrogen) atoms. The van der Waals surface area contributed by atoms with Crippen molar-refractivity contribution in [2.75, 3.05) is 13.2 Å². The van der Waals surface area contributed by atoms with Crippen LogP contribution in [0.2, 0.25) is 0 Å². The SMILES string of the molecule is CC1(C)[C@H]2CC=C3C[C@@](C)(C(O)CO[C@@H]4O[C@H](CO)[C@@H](O)[C@H](O)[C@H]4O)CC[C@H]3[C@]2(C)C[C@H](O)[C@@H]1O. The minimum absolute atomic E-state index is 0.130. The fraction of sp³-hybridized carbons (Fsp3) is 0.923. The van der Waals surface area contributed by atoms with Gasteiger partial charge in [0, 0.05) is 0 Å². The molecule has 1 saturated heterocycles. The predicted molar refractivity (Wildman–Crippen MR) is 126 cm³/mol. The number of fused-ring (bicyclic) bond motifs is 3. The maximum Gasteiger partial charge on any atom is 0.186 e. The average molecular weight is 501 g/mol. The fourth-order valence-electron chi connectivity index (χ4n) is 7.67. The summed E-state index contributed by atoms with van der Waals surface area (Å²) < 4.78 is 11.0. The molecule has 7 N–H and O–H groups in total. The van der Waals surface area contributed by atoms with E-state index in [4.69, 9.17) is 9.47 Å². The quantitative estimate of drug-likeness (QED) is 0.259. The van der Waals surface area contributed by atoms with Crippen molar-refractivity contribution in [3.05, 3.63) is 11.6 Å². The first-order valence-electron chi connectivity index (χ1n) is 12.9. The lowest BCUT2D eigenvalue weighted by molar-refractivity contribution is -0.306. The Morgan fingerprint density at radius 3 is 2.40 bits per heavy atom. The minimum Gasteiger partial charge on any atom is -0.394 e. The number of aliphatic hydroxyl groups excluding tert-OH is 7. The molecule has 0 aromatic carbocycles. The second kappa shape index (κ2) is 9.60. The van der Waals surface area contributed by atoms with Gasteiger partial charge in [-0.1, -0.05) is 39.3 Å². The summed E-state index contributed by atoms with van der Waals surface area (Å²) in [6, 6.07) is 0. The van der Waals surface area contributed by atoms with Gasteiger partial charge in [0.2, 0.25) is 0 Å². The summed E-state index contributed by atoms with van der Waals surface area (Å²) in [6.45, 7) is 7.69. The van der Waals surface area contributed by atoms with Crippen molar-refractivity contribution >= 4 is 0 Å². The average Bonchev–Trinajstić information content (AvgIpc) is 2.80. The molecule has 0 bridgehead atoms. The Labute approximate surface area is 207 Å². The first-order chi connectivity index (χ1) is 16.3. The zero-order valence-electron chi connectivity index (χ0n) is 21.2. The van der Waals surface area contributed by atoms with E-state index in [1.807, 2.05) is 6.92 Å². The van der Waals surface area contributed by atoms with Crippen LogP contribution in [0, 0.1) is 28.1 Å². The van der Waals surface area contributed by atoms with Gasteiger partial charge in [0.25, 0.3) is 0 Å². The predicted octanol–water partition coefficient (Wildman–Crippen LogP) is 0.0745. The molecular weight excluding hydrogens is 456 g/mol. The summed E-state index contributed by atoms with van der Waals surface area (Å²) in [7, 11) is 0. The van der Waals surface area contributed by atoms with E-state index in [1.165, 1.54) is 5.57 Å². The van der Waals surface area contributed by atoms with Gasteiger partial charge in [0.15, 0.2) is 6.29 Å². The van der Waals surface area contributed by atoms with Crippen molar-refractivity contribution in [3.8, 4) is 0 Å². The van der Waals surface area contributed by atoms with E-state index in [0.29, 0.717) is 12.8 Å². The third-order valence-corrected chi connectivity index (χ3v) is 10.0. The van der Waals surface area contributed by atoms with E-state index >= 15 is 0 Å². The Bertz CT molecular complexity index is 800. The smallest absolute Gasteiger partial charge is 0.186 e. The molecule has 9 nitrogen and oxygen atoms in total. The third-order valence-electron chi connectivity index (χ3n) is 10.0. The number of hydrogen-bond acceptors (Lipinski definition) is 9. The van der Waals surface area contributed by atoms with Gasteiger partial charge in [-0.3, -0.25) is 0 Å². The maximum absolute atomic E-state index is 11.1. The molecule has 0 aromatic heterocycles. The molecule has 3 aliphatic carbocycles. The molecule has 4 rings (SSSR count). The molecule has 0 radical (unpaired) electrons. The Kier molecular flexibility index (Phi) is 7.52. The molecule has 1 heterocycles. The Morgan fingerprint density at radius 2 is 1.74 bits per heavy atom. The topological polar surface area (TPSA) is 160 Å². The van der Waals surface area contributed by atoms with E-state index < -0.39 is 66.5 Å². The molecule has 9 heteroatoms. The van der Waals surface area contributed by atoms with Crippen LogP contribution in [0.15, 0.2) is 11.6 Å². The van der Waals surface area contributed by atoms with Crippen LogP contribution < -0.4 is 0 Å². The Morgan fingerprint density at radius 1 is 1.06 bits per heavy atom. The number of ether oxygens (including phenoxy) is 2. The summed E-state index contributed by atoms with van der Waals surface area (Å²) >= 11 is 0. The molecule has 2 saturated carbocycles. The highest BCUT2D eigenvalue weighted by Gasteiger charge is 2.60. The highest BCUT2D eigenvalue weighted by Crippen LogP contribution is 2.63. The van der Waals surface area contributed by atoms with Crippen LogP contribution in [0.4, 0.5) is 0 Å². The maximum atomic E-state index is 11.1. The van der Waals surface area contributed by atoms with E-state index in [0.717, 1.165) is 19.3 Å². The summed E-state index contributed by atoms with van der Waals surface area (Å²) in [5.41, 5.74) is 0.283. The van der Waals surface area contributed by atoms with E-state index in [-0.39, 0.29) is 23.9 Å². The van der Waals surface area contributed by atoms with Crippen LogP contribution in [-0.2, 0) is 9.47 Å². The van der Waals surface area contributed by atoms with Crippen molar-refractivity contribution in [2.24, 2.45) is 28.1 Å². The number of rotatable bonds is 5. The molecule has 1 aliphatic heterocycles. The normalized spacial score (nSPS) is 50.6. The van der Waals surface area contributed by atoms with Crippen molar-refractivity contribution in [3.63, 3.8) is 0 Å². The highest BCUT2D eigenvalue weighted by molar-refractivity contribution is 5.25. The Balaban J connectivity index is 1.44. The molecule has 4 aliphatic rings. The van der Waals surface area contributed by atoms with Crippen LogP contribution in [0.5, 0.6) is 0 Å². The zero-order chi connectivity index (χ0) is 25.9. The van der Waals surface area contributed by atoms with Crippen molar-refractivity contribution in [2.45, 2.75) is 109 Å². The van der Waals surface area contributed by atoms with Crippen LogP contribution in [-0.4, -0.2) is 98.0 Å². The van der Waals surface area contributed by atoms with Gasteiger partial charge in [-0.15, -0.1) is 0 Å². The van der Waals surface area contributed by atoms with Crippen LogP contribution in [0.25, 0.3) is 0 Å². The van der Waals surface area contributed by atoms with Gasteiger partial charge in [0.05, 0.1) is 31.5 Å². The van der Waals surface area contributed by atoms with Gasteiger partial charge in [0.1, 0.15) is 24.4 Å². The first kappa shape index (κ1) is 27.4. The largest absolute Gasteiger partial charge is 0.394 e. The van der Waals surface area contributed by atoms with Gasteiger partial charge in [-0.25, -0.2) is 0 Å². The monoisotopic (exact) mass is 500 g/mol. The molecule has 3 fully saturated rings. The van der Waals surface area contributed by atoms with Gasteiger partial charge < -0.3 is 45.2 Å². The van der Waals surface area contributed by atoms with E-state index in [1.54, 1.807) is 0 Å². The second-order valence-electron chi connectivity index (χ2n) is 12.6. The third kappa shape index (κ3) is 4.51. The molecular formula is C26H44O9. The van der Waals surface area contributed by atoms with Crippen molar-refractivity contribution in [1.29, 1.82) is 0 Å². The summed E-state index contributed by atoms with van der Waals surface area (Å²) in [5.74, 6) is 0.528. The molecule has 202 valence electrons.